The molecule has 0 amide bonds. The largest absolute Gasteiger partial charge is 0.106 e. The van der Waals surface area contributed by atoms with Crippen LogP contribution in [0, 0.1) is 0 Å². The molecule has 0 aromatic heterocycles. The Balaban J connectivity index is 1.48. The molecule has 0 fully saturated rings. The van der Waals surface area contributed by atoms with Crippen LogP contribution in [0.15, 0.2) is 121 Å². The number of benzene rings is 4. The molecule has 0 radical (unpaired) electrons. The Morgan fingerprint density at radius 2 is 0.676 bits per heavy atom. The van der Waals surface area contributed by atoms with Crippen molar-refractivity contribution in [1.82, 2.24) is 0 Å². The second-order valence-corrected chi connectivity index (χ2v) is 15.8. The molecule has 0 heterocycles. The average molecular weight is 501 g/mol. The van der Waals surface area contributed by atoms with E-state index in [1.165, 1.54) is 58.4 Å². The Morgan fingerprint density at radius 1 is 0.382 bits per heavy atom. The molecular weight excluding hydrogens is 465 g/mol. The van der Waals surface area contributed by atoms with Gasteiger partial charge in [-0.25, -0.2) is 0 Å². The molecule has 0 aliphatic rings. The third-order valence-electron chi connectivity index (χ3n) is 6.09. The van der Waals surface area contributed by atoms with Crippen LogP contribution in [0.2, 0.25) is 0 Å². The van der Waals surface area contributed by atoms with Crippen molar-refractivity contribution in [1.29, 1.82) is 0 Å². The highest BCUT2D eigenvalue weighted by Crippen LogP contribution is 2.45. The summed E-state index contributed by atoms with van der Waals surface area (Å²) in [6.07, 6.45) is 8.08. The van der Waals surface area contributed by atoms with E-state index in [0.29, 0.717) is 0 Å². The fourth-order valence-corrected chi connectivity index (χ4v) is 13.3. The van der Waals surface area contributed by atoms with E-state index in [0.717, 1.165) is 0 Å². The van der Waals surface area contributed by atoms with Crippen molar-refractivity contribution in [3.63, 3.8) is 0 Å². The highest BCUT2D eigenvalue weighted by Gasteiger charge is 2.19. The topological polar surface area (TPSA) is 0 Å². The molecule has 0 bridgehead atoms. The summed E-state index contributed by atoms with van der Waals surface area (Å²) in [5.74, 6) is 0. The van der Waals surface area contributed by atoms with Crippen molar-refractivity contribution in [3.8, 4) is 0 Å². The molecule has 0 saturated heterocycles. The predicted molar refractivity (Wildman–Crippen MR) is 160 cm³/mol. The van der Waals surface area contributed by atoms with Crippen molar-refractivity contribution in [2.45, 2.75) is 13.3 Å². The minimum absolute atomic E-state index is 0.0452. The lowest BCUT2D eigenvalue weighted by Gasteiger charge is -2.25. The minimum atomic E-state index is -0.286. The average Bonchev–Trinajstić information content (AvgIpc) is 2.91. The van der Waals surface area contributed by atoms with E-state index in [9.17, 15) is 0 Å². The van der Waals surface area contributed by atoms with Crippen molar-refractivity contribution in [2.75, 3.05) is 30.8 Å². The predicted octanol–water partition coefficient (Wildman–Crippen LogP) is 7.14. The van der Waals surface area contributed by atoms with Crippen LogP contribution in [-0.4, -0.2) is 30.8 Å². The van der Waals surface area contributed by atoms with Crippen LogP contribution in [0.3, 0.4) is 0 Å². The van der Waals surface area contributed by atoms with Gasteiger partial charge in [-0.3, -0.25) is 0 Å². The van der Waals surface area contributed by atoms with Crippen molar-refractivity contribution < 1.29 is 0 Å². The van der Waals surface area contributed by atoms with E-state index >= 15 is 0 Å². The van der Waals surface area contributed by atoms with Gasteiger partial charge in [-0.1, -0.05) is 135 Å². The van der Waals surface area contributed by atoms with Gasteiger partial charge >= 0.3 is 0 Å². The molecule has 0 unspecified atom stereocenters. The van der Waals surface area contributed by atoms with Gasteiger partial charge in [0.25, 0.3) is 0 Å². The summed E-state index contributed by atoms with van der Waals surface area (Å²) >= 11 is 0. The molecule has 4 aromatic carbocycles. The van der Waals surface area contributed by atoms with E-state index in [1.54, 1.807) is 0 Å². The molecule has 4 aromatic rings. The summed E-state index contributed by atoms with van der Waals surface area (Å²) in [6.45, 7) is 2.36. The highest BCUT2D eigenvalue weighted by atomic mass is 31.1. The third kappa shape index (κ3) is 7.33. The van der Waals surface area contributed by atoms with Gasteiger partial charge < -0.3 is 0 Å². The lowest BCUT2D eigenvalue weighted by atomic mass is 10.4. The van der Waals surface area contributed by atoms with Crippen LogP contribution in [0.1, 0.15) is 13.3 Å². The summed E-state index contributed by atoms with van der Waals surface area (Å²) < 4.78 is 0. The van der Waals surface area contributed by atoms with E-state index < -0.39 is 0 Å². The Labute approximate surface area is 210 Å². The summed E-state index contributed by atoms with van der Waals surface area (Å²) in [5.41, 5.74) is 0. The fraction of sp³-hybridized carbons (Fsp3) is 0.226. The quantitative estimate of drug-likeness (QED) is 0.181. The fourth-order valence-electron chi connectivity index (χ4n) is 4.38. The number of hydrogen-bond donors (Lipinski definition) is 0. The smallest absolute Gasteiger partial charge is 0.0195 e. The van der Waals surface area contributed by atoms with E-state index in [-0.39, 0.29) is 23.8 Å². The number of hydrogen-bond acceptors (Lipinski definition) is 0. The molecule has 0 N–H and O–H groups in total. The summed E-state index contributed by atoms with van der Waals surface area (Å²) in [4.78, 5) is 0. The molecule has 174 valence electrons. The lowest BCUT2D eigenvalue weighted by Crippen LogP contribution is -2.17. The first-order valence-corrected chi connectivity index (χ1v) is 17.3. The molecular formula is C31H35P3. The van der Waals surface area contributed by atoms with Crippen LogP contribution >= 0.6 is 23.8 Å². The molecule has 4 rings (SSSR count). The molecule has 0 aliphatic carbocycles. The minimum Gasteiger partial charge on any atom is -0.106 e. The van der Waals surface area contributed by atoms with Crippen molar-refractivity contribution in [2.24, 2.45) is 0 Å². The van der Waals surface area contributed by atoms with E-state index in [4.69, 9.17) is 0 Å². The zero-order valence-electron chi connectivity index (χ0n) is 20.1. The van der Waals surface area contributed by atoms with E-state index in [1.807, 2.05) is 0 Å². The maximum atomic E-state index is 2.36. The van der Waals surface area contributed by atoms with Gasteiger partial charge in [0.05, 0.1) is 0 Å². The van der Waals surface area contributed by atoms with Gasteiger partial charge in [-0.05, 0) is 67.9 Å². The zero-order chi connectivity index (χ0) is 23.4. The Hall–Kier alpha value is -1.83. The van der Waals surface area contributed by atoms with Gasteiger partial charge in [0.15, 0.2) is 0 Å². The summed E-state index contributed by atoms with van der Waals surface area (Å²) in [7, 11) is -0.527. The molecule has 0 spiro atoms. The SMILES string of the molecule is CCCP(CCP(c1ccccc1)c1ccccc1)CCP(c1ccccc1)c1ccccc1. The maximum Gasteiger partial charge on any atom is -0.0195 e. The Kier molecular flexibility index (Phi) is 10.3. The first kappa shape index (κ1) is 25.3. The first-order valence-electron chi connectivity index (χ1n) is 12.3. The number of rotatable bonds is 12. The molecule has 3 heteroatoms. The second kappa shape index (κ2) is 13.9. The van der Waals surface area contributed by atoms with Crippen molar-refractivity contribution >= 4 is 45.0 Å². The zero-order valence-corrected chi connectivity index (χ0v) is 22.8. The molecule has 0 atom stereocenters. The maximum absolute atomic E-state index is 2.36. The highest BCUT2D eigenvalue weighted by molar-refractivity contribution is 7.75. The third-order valence-corrected chi connectivity index (χ3v) is 14.6. The van der Waals surface area contributed by atoms with Gasteiger partial charge in [-0.15, -0.1) is 7.92 Å². The van der Waals surface area contributed by atoms with Gasteiger partial charge in [0.2, 0.25) is 0 Å². The normalized spacial score (nSPS) is 11.4. The Morgan fingerprint density at radius 3 is 0.941 bits per heavy atom. The molecule has 0 aliphatic heterocycles. The molecule has 0 nitrogen and oxygen atoms in total. The molecule has 34 heavy (non-hydrogen) atoms. The van der Waals surface area contributed by atoms with Crippen LogP contribution in [0.4, 0.5) is 0 Å². The van der Waals surface area contributed by atoms with Gasteiger partial charge in [0, 0.05) is 0 Å². The van der Waals surface area contributed by atoms with Crippen LogP contribution in [0.5, 0.6) is 0 Å². The standard InChI is InChI=1S/C31H35P3/c1-2-23-32(24-26-33(28-15-7-3-8-16-28)29-17-9-4-10-18-29)25-27-34(30-19-11-5-12-20-30)31-21-13-6-14-22-31/h3-22H,2,23-27H2,1H3. The van der Waals surface area contributed by atoms with E-state index in [2.05, 4.69) is 128 Å². The van der Waals surface area contributed by atoms with Crippen LogP contribution in [0.25, 0.3) is 0 Å². The lowest BCUT2D eigenvalue weighted by molar-refractivity contribution is 1.09. The summed E-state index contributed by atoms with van der Waals surface area (Å²) in [6, 6.07) is 44.9. The first-order chi connectivity index (χ1) is 16.8. The monoisotopic (exact) mass is 500 g/mol. The van der Waals surface area contributed by atoms with Gasteiger partial charge in [-0.2, -0.15) is 0 Å². The van der Waals surface area contributed by atoms with Crippen LogP contribution < -0.4 is 21.2 Å². The summed E-state index contributed by atoms with van der Waals surface area (Å²) in [5, 5.41) is 6.08. The Bertz CT molecular complexity index is 903. The van der Waals surface area contributed by atoms with Gasteiger partial charge in [0.1, 0.15) is 0 Å². The molecule has 0 saturated carbocycles. The van der Waals surface area contributed by atoms with Crippen LogP contribution in [-0.2, 0) is 0 Å². The van der Waals surface area contributed by atoms with Crippen molar-refractivity contribution in [3.05, 3.63) is 121 Å². The second-order valence-electron chi connectivity index (χ2n) is 8.49.